The van der Waals surface area contributed by atoms with E-state index < -0.39 is 0 Å². The van der Waals surface area contributed by atoms with Crippen molar-refractivity contribution < 1.29 is 0 Å². The molecule has 0 saturated heterocycles. The monoisotopic (exact) mass is 586 g/mol. The first-order chi connectivity index (χ1) is 21.5. The molecule has 1 aliphatic rings. The molecule has 0 heterocycles. The van der Waals surface area contributed by atoms with Gasteiger partial charge in [0, 0.05) is 28.6 Å². The average Bonchev–Trinajstić information content (AvgIpc) is 3.07. The van der Waals surface area contributed by atoms with Gasteiger partial charge in [0.25, 0.3) is 0 Å². The molecule has 0 aromatic heterocycles. The van der Waals surface area contributed by atoms with Crippen LogP contribution >= 0.6 is 0 Å². The SMILES string of the molecule is CCCCC(c1ccc(N)cc1)c1ccc(C2(c3ccc(C(CCCC)c4ccc(N)cc4)cc3)CCC(CC)CC2)cc1. The van der Waals surface area contributed by atoms with E-state index in [0.29, 0.717) is 11.8 Å². The topological polar surface area (TPSA) is 52.0 Å². The maximum Gasteiger partial charge on any atom is 0.0314 e. The van der Waals surface area contributed by atoms with Crippen LogP contribution in [0.25, 0.3) is 0 Å². The molecule has 2 atom stereocenters. The van der Waals surface area contributed by atoms with E-state index in [2.05, 4.69) is 93.6 Å². The number of nitrogen functional groups attached to an aromatic ring is 2. The molecule has 0 aliphatic heterocycles. The van der Waals surface area contributed by atoms with Crippen molar-refractivity contribution >= 4 is 11.4 Å². The van der Waals surface area contributed by atoms with E-state index in [1.54, 1.807) is 0 Å². The van der Waals surface area contributed by atoms with Crippen LogP contribution in [-0.2, 0) is 5.41 Å². The predicted molar refractivity (Wildman–Crippen MR) is 190 cm³/mol. The van der Waals surface area contributed by atoms with Crippen molar-refractivity contribution in [1.82, 2.24) is 0 Å². The summed E-state index contributed by atoms with van der Waals surface area (Å²) in [6.45, 7) is 6.93. The Labute approximate surface area is 267 Å². The standard InChI is InChI=1S/C42H54N2/c1-4-7-9-40(34-15-23-38(43)24-16-34)32-11-19-36(20-12-32)42(29-27-31(6-3)28-30-42)37-21-13-33(14-22-37)41(10-8-5-2)35-17-25-39(44)26-18-35/h11-26,31,40-41H,4-10,27-30,43-44H2,1-3H3. The van der Waals surface area contributed by atoms with Gasteiger partial charge in [0.2, 0.25) is 0 Å². The molecule has 4 aromatic carbocycles. The first-order valence-electron chi connectivity index (χ1n) is 17.4. The molecule has 4 N–H and O–H groups in total. The molecule has 1 fully saturated rings. The normalized spacial score (nSPS) is 19.8. The molecule has 2 unspecified atom stereocenters. The van der Waals surface area contributed by atoms with E-state index in [1.165, 1.54) is 91.2 Å². The molecule has 0 spiro atoms. The first-order valence-corrected chi connectivity index (χ1v) is 17.4. The van der Waals surface area contributed by atoms with Crippen molar-refractivity contribution in [2.75, 3.05) is 11.5 Å². The Morgan fingerprint density at radius 2 is 0.886 bits per heavy atom. The van der Waals surface area contributed by atoms with E-state index in [4.69, 9.17) is 11.5 Å². The molecule has 4 aromatic rings. The molecule has 0 amide bonds. The van der Waals surface area contributed by atoms with Gasteiger partial charge < -0.3 is 11.5 Å². The molecule has 1 saturated carbocycles. The lowest BCUT2D eigenvalue weighted by molar-refractivity contribution is 0.260. The quantitative estimate of drug-likeness (QED) is 0.153. The fourth-order valence-electron chi connectivity index (χ4n) is 7.72. The number of hydrogen-bond donors (Lipinski definition) is 2. The Bertz CT molecular complexity index is 1310. The fourth-order valence-corrected chi connectivity index (χ4v) is 7.72. The zero-order valence-electron chi connectivity index (χ0n) is 27.4. The second-order valence-corrected chi connectivity index (χ2v) is 13.4. The third-order valence-electron chi connectivity index (χ3n) is 10.6. The minimum atomic E-state index is 0.0724. The number of rotatable bonds is 13. The number of hydrogen-bond acceptors (Lipinski definition) is 2. The molecule has 2 nitrogen and oxygen atoms in total. The van der Waals surface area contributed by atoms with E-state index >= 15 is 0 Å². The van der Waals surface area contributed by atoms with Crippen molar-refractivity contribution in [3.8, 4) is 0 Å². The summed E-state index contributed by atoms with van der Waals surface area (Å²) in [5.41, 5.74) is 22.3. The van der Waals surface area contributed by atoms with Crippen molar-refractivity contribution in [3.05, 3.63) is 130 Å². The van der Waals surface area contributed by atoms with E-state index in [1.807, 2.05) is 24.3 Å². The molecular weight excluding hydrogens is 532 g/mol. The molecule has 2 heteroatoms. The average molecular weight is 587 g/mol. The Balaban J connectivity index is 1.47. The minimum Gasteiger partial charge on any atom is -0.399 e. The van der Waals surface area contributed by atoms with Crippen LogP contribution in [0.4, 0.5) is 11.4 Å². The van der Waals surface area contributed by atoms with Crippen LogP contribution in [-0.4, -0.2) is 0 Å². The molecule has 0 radical (unpaired) electrons. The smallest absolute Gasteiger partial charge is 0.0314 e. The van der Waals surface area contributed by atoms with Gasteiger partial charge in [-0.25, -0.2) is 0 Å². The van der Waals surface area contributed by atoms with Crippen LogP contribution in [0.2, 0.25) is 0 Å². The predicted octanol–water partition coefficient (Wildman–Crippen LogP) is 11.4. The summed E-state index contributed by atoms with van der Waals surface area (Å²) < 4.78 is 0. The molecule has 232 valence electrons. The Kier molecular flexibility index (Phi) is 10.9. The lowest BCUT2D eigenvalue weighted by Gasteiger charge is -2.41. The summed E-state index contributed by atoms with van der Waals surface area (Å²) in [6.07, 6.45) is 13.5. The Morgan fingerprint density at radius 3 is 1.20 bits per heavy atom. The van der Waals surface area contributed by atoms with Gasteiger partial charge in [-0.1, -0.05) is 126 Å². The zero-order valence-corrected chi connectivity index (χ0v) is 27.4. The summed E-state index contributed by atoms with van der Waals surface area (Å²) in [5.74, 6) is 1.66. The highest BCUT2D eigenvalue weighted by Gasteiger charge is 2.38. The van der Waals surface area contributed by atoms with Gasteiger partial charge in [0.1, 0.15) is 0 Å². The largest absolute Gasteiger partial charge is 0.399 e. The summed E-state index contributed by atoms with van der Waals surface area (Å²) in [5, 5.41) is 0. The summed E-state index contributed by atoms with van der Waals surface area (Å²) in [4.78, 5) is 0. The molecular formula is C42H54N2. The summed E-state index contributed by atoms with van der Waals surface area (Å²) in [6, 6.07) is 36.6. The fraction of sp³-hybridized carbons (Fsp3) is 0.429. The van der Waals surface area contributed by atoms with E-state index in [-0.39, 0.29) is 5.41 Å². The summed E-state index contributed by atoms with van der Waals surface area (Å²) in [7, 11) is 0. The maximum absolute atomic E-state index is 6.04. The second-order valence-electron chi connectivity index (χ2n) is 13.4. The van der Waals surface area contributed by atoms with Gasteiger partial charge in [-0.15, -0.1) is 0 Å². The number of nitrogens with two attached hydrogens (primary N) is 2. The van der Waals surface area contributed by atoms with Crippen LogP contribution in [0.5, 0.6) is 0 Å². The highest BCUT2D eigenvalue weighted by atomic mass is 14.5. The lowest BCUT2D eigenvalue weighted by atomic mass is 9.62. The van der Waals surface area contributed by atoms with E-state index in [9.17, 15) is 0 Å². The van der Waals surface area contributed by atoms with Gasteiger partial charge in [0.05, 0.1) is 0 Å². The van der Waals surface area contributed by atoms with Crippen LogP contribution in [0.1, 0.15) is 137 Å². The molecule has 44 heavy (non-hydrogen) atoms. The van der Waals surface area contributed by atoms with Crippen LogP contribution in [0, 0.1) is 5.92 Å². The summed E-state index contributed by atoms with van der Waals surface area (Å²) >= 11 is 0. The van der Waals surface area contributed by atoms with Crippen LogP contribution in [0.15, 0.2) is 97.1 Å². The number of benzene rings is 4. The highest BCUT2D eigenvalue weighted by molar-refractivity contribution is 5.47. The van der Waals surface area contributed by atoms with Gasteiger partial charge in [-0.05, 0) is 102 Å². The third-order valence-corrected chi connectivity index (χ3v) is 10.6. The van der Waals surface area contributed by atoms with Gasteiger partial charge in [0.15, 0.2) is 0 Å². The van der Waals surface area contributed by atoms with Gasteiger partial charge >= 0.3 is 0 Å². The zero-order chi connectivity index (χ0) is 30.9. The van der Waals surface area contributed by atoms with Gasteiger partial charge in [-0.2, -0.15) is 0 Å². The molecule has 1 aliphatic carbocycles. The Morgan fingerprint density at radius 1 is 0.545 bits per heavy atom. The maximum atomic E-state index is 6.04. The second kappa shape index (κ2) is 15.0. The highest BCUT2D eigenvalue weighted by Crippen LogP contribution is 2.48. The van der Waals surface area contributed by atoms with Crippen molar-refractivity contribution in [2.45, 2.75) is 109 Å². The minimum absolute atomic E-state index is 0.0724. The number of anilines is 2. The van der Waals surface area contributed by atoms with Crippen molar-refractivity contribution in [2.24, 2.45) is 5.92 Å². The molecule has 0 bridgehead atoms. The lowest BCUT2D eigenvalue weighted by Crippen LogP contribution is -2.33. The number of unbranched alkanes of at least 4 members (excludes halogenated alkanes) is 2. The Hall–Kier alpha value is -3.52. The third kappa shape index (κ3) is 7.23. The van der Waals surface area contributed by atoms with Gasteiger partial charge in [-0.3, -0.25) is 0 Å². The molecule has 5 rings (SSSR count). The van der Waals surface area contributed by atoms with E-state index in [0.717, 1.165) is 30.1 Å². The van der Waals surface area contributed by atoms with Crippen LogP contribution in [0.3, 0.4) is 0 Å². The first kappa shape index (κ1) is 31.9. The van der Waals surface area contributed by atoms with Crippen molar-refractivity contribution in [1.29, 1.82) is 0 Å². The van der Waals surface area contributed by atoms with Crippen molar-refractivity contribution in [3.63, 3.8) is 0 Å². The van der Waals surface area contributed by atoms with Crippen LogP contribution < -0.4 is 11.5 Å².